The number of para-hydroxylation sites is 1. The van der Waals surface area contributed by atoms with Crippen LogP contribution >= 0.6 is 0 Å². The minimum absolute atomic E-state index is 0.468. The predicted octanol–water partition coefficient (Wildman–Crippen LogP) is 3.94. The van der Waals surface area contributed by atoms with Crippen molar-refractivity contribution in [3.63, 3.8) is 0 Å². The number of hydrogen-bond donors (Lipinski definition) is 0. The minimum Gasteiger partial charge on any atom is -0.496 e. The highest BCUT2D eigenvalue weighted by Crippen LogP contribution is 2.36. The Morgan fingerprint density at radius 2 is 2.00 bits per heavy atom. The third-order valence-electron chi connectivity index (χ3n) is 4.84. The third kappa shape index (κ3) is 2.58. The first-order valence-electron chi connectivity index (χ1n) is 8.35. The molecule has 0 saturated carbocycles. The van der Waals surface area contributed by atoms with E-state index in [4.69, 9.17) is 4.74 Å². The number of nitrogens with zero attached hydrogens (tertiary/aromatic N) is 3. The number of aryl methyl sites for hydroxylation is 1. The molecule has 2 heterocycles. The highest BCUT2D eigenvalue weighted by atomic mass is 16.5. The van der Waals surface area contributed by atoms with Crippen LogP contribution in [0.2, 0.25) is 0 Å². The smallest absolute Gasteiger partial charge is 0.139 e. The van der Waals surface area contributed by atoms with Crippen molar-refractivity contribution in [3.05, 3.63) is 59.9 Å². The molecule has 0 N–H and O–H groups in total. The van der Waals surface area contributed by atoms with E-state index in [-0.39, 0.29) is 0 Å². The molecule has 1 aliphatic heterocycles. The lowest BCUT2D eigenvalue weighted by Crippen LogP contribution is -2.21. The fourth-order valence-electron chi connectivity index (χ4n) is 3.62. The van der Waals surface area contributed by atoms with Crippen molar-refractivity contribution in [1.29, 1.82) is 0 Å². The van der Waals surface area contributed by atoms with Crippen LogP contribution in [0.4, 0.5) is 5.82 Å². The van der Waals surface area contributed by atoms with Gasteiger partial charge in [-0.05, 0) is 37.1 Å². The molecular formula is C20H21N3O. The van der Waals surface area contributed by atoms with Gasteiger partial charge in [-0.1, -0.05) is 29.8 Å². The van der Waals surface area contributed by atoms with Gasteiger partial charge in [-0.2, -0.15) is 0 Å². The summed E-state index contributed by atoms with van der Waals surface area (Å²) in [7, 11) is 1.74. The maximum Gasteiger partial charge on any atom is 0.139 e. The molecule has 1 aromatic heterocycles. The molecular weight excluding hydrogens is 298 g/mol. The van der Waals surface area contributed by atoms with Crippen LogP contribution in [0.1, 0.15) is 23.5 Å². The topological polar surface area (TPSA) is 38.2 Å². The van der Waals surface area contributed by atoms with Gasteiger partial charge in [0.1, 0.15) is 17.9 Å². The van der Waals surface area contributed by atoms with Crippen LogP contribution in [0.25, 0.3) is 10.9 Å². The molecule has 4 heteroatoms. The van der Waals surface area contributed by atoms with E-state index in [1.54, 1.807) is 13.4 Å². The van der Waals surface area contributed by atoms with Crippen LogP contribution in [-0.4, -0.2) is 30.2 Å². The zero-order valence-electron chi connectivity index (χ0n) is 14.1. The first-order valence-corrected chi connectivity index (χ1v) is 8.35. The molecule has 0 radical (unpaired) electrons. The summed E-state index contributed by atoms with van der Waals surface area (Å²) in [5.41, 5.74) is 3.53. The van der Waals surface area contributed by atoms with Crippen molar-refractivity contribution in [2.45, 2.75) is 19.3 Å². The summed E-state index contributed by atoms with van der Waals surface area (Å²) in [4.78, 5) is 11.4. The van der Waals surface area contributed by atoms with Crippen molar-refractivity contribution in [3.8, 4) is 5.75 Å². The molecule has 1 saturated heterocycles. The lowest BCUT2D eigenvalue weighted by molar-refractivity contribution is 0.406. The van der Waals surface area contributed by atoms with Crippen LogP contribution in [-0.2, 0) is 0 Å². The highest BCUT2D eigenvalue weighted by Gasteiger charge is 2.27. The normalized spacial score (nSPS) is 17.4. The number of rotatable bonds is 3. The number of hydrogen-bond acceptors (Lipinski definition) is 4. The van der Waals surface area contributed by atoms with Gasteiger partial charge in [0.15, 0.2) is 0 Å². The molecule has 4 nitrogen and oxygen atoms in total. The molecule has 24 heavy (non-hydrogen) atoms. The Morgan fingerprint density at radius 3 is 2.88 bits per heavy atom. The van der Waals surface area contributed by atoms with Gasteiger partial charge in [0.05, 0.1) is 12.6 Å². The average Bonchev–Trinajstić information content (AvgIpc) is 3.10. The lowest BCUT2D eigenvalue weighted by Gasteiger charge is -2.20. The summed E-state index contributed by atoms with van der Waals surface area (Å²) < 4.78 is 5.54. The minimum atomic E-state index is 0.468. The van der Waals surface area contributed by atoms with Gasteiger partial charge in [0.25, 0.3) is 0 Å². The van der Waals surface area contributed by atoms with Crippen LogP contribution in [0.15, 0.2) is 48.8 Å². The summed E-state index contributed by atoms with van der Waals surface area (Å²) in [6, 6.07) is 14.7. The Kier molecular flexibility index (Phi) is 3.81. The SMILES string of the molecule is COc1ccccc1C1CCN(c2ncnc3ccc(C)cc23)C1. The van der Waals surface area contributed by atoms with Crippen LogP contribution in [0, 0.1) is 6.92 Å². The van der Waals surface area contributed by atoms with Gasteiger partial charge in [-0.25, -0.2) is 9.97 Å². The number of aromatic nitrogens is 2. The summed E-state index contributed by atoms with van der Waals surface area (Å²) in [6.07, 6.45) is 2.78. The van der Waals surface area contributed by atoms with E-state index in [1.165, 1.54) is 11.1 Å². The van der Waals surface area contributed by atoms with Crippen LogP contribution in [0.3, 0.4) is 0 Å². The Morgan fingerprint density at radius 1 is 1.12 bits per heavy atom. The molecule has 3 aromatic rings. The lowest BCUT2D eigenvalue weighted by atomic mass is 9.97. The third-order valence-corrected chi connectivity index (χ3v) is 4.84. The van der Waals surface area contributed by atoms with E-state index in [2.05, 4.69) is 52.1 Å². The van der Waals surface area contributed by atoms with E-state index in [0.29, 0.717) is 5.92 Å². The molecule has 0 spiro atoms. The van der Waals surface area contributed by atoms with Crippen LogP contribution in [0.5, 0.6) is 5.75 Å². The van der Waals surface area contributed by atoms with Crippen molar-refractivity contribution in [1.82, 2.24) is 9.97 Å². The van der Waals surface area contributed by atoms with Gasteiger partial charge in [0.2, 0.25) is 0 Å². The number of benzene rings is 2. The zero-order valence-corrected chi connectivity index (χ0v) is 14.1. The fraction of sp³-hybridized carbons (Fsp3) is 0.300. The van der Waals surface area contributed by atoms with Gasteiger partial charge < -0.3 is 9.64 Å². The average molecular weight is 319 g/mol. The first-order chi connectivity index (χ1) is 11.8. The van der Waals surface area contributed by atoms with Gasteiger partial charge >= 0.3 is 0 Å². The molecule has 122 valence electrons. The van der Waals surface area contributed by atoms with E-state index >= 15 is 0 Å². The number of anilines is 1. The summed E-state index contributed by atoms with van der Waals surface area (Å²) in [5, 5.41) is 1.14. The monoisotopic (exact) mass is 319 g/mol. The molecule has 0 aliphatic carbocycles. The summed E-state index contributed by atoms with van der Waals surface area (Å²) in [6.45, 7) is 4.07. The molecule has 0 amide bonds. The van der Waals surface area contributed by atoms with E-state index in [9.17, 15) is 0 Å². The highest BCUT2D eigenvalue weighted by molar-refractivity contribution is 5.90. The van der Waals surface area contributed by atoms with Crippen molar-refractivity contribution < 1.29 is 4.74 Å². The fourth-order valence-corrected chi connectivity index (χ4v) is 3.62. The molecule has 0 bridgehead atoms. The van der Waals surface area contributed by atoms with Crippen LogP contribution < -0.4 is 9.64 Å². The number of methoxy groups -OCH3 is 1. The Hall–Kier alpha value is -2.62. The molecule has 1 atom stereocenters. The zero-order chi connectivity index (χ0) is 16.5. The number of fused-ring (bicyclic) bond motifs is 1. The standard InChI is InChI=1S/C20H21N3O/c1-14-7-8-18-17(11-14)20(22-13-21-18)23-10-9-15(12-23)16-5-3-4-6-19(16)24-2/h3-8,11,13,15H,9-10,12H2,1-2H3. The first kappa shape index (κ1) is 14.9. The van der Waals surface area contributed by atoms with Crippen molar-refractivity contribution >= 4 is 16.7 Å². The van der Waals surface area contributed by atoms with Gasteiger partial charge in [-0.3, -0.25) is 0 Å². The largest absolute Gasteiger partial charge is 0.496 e. The maximum absolute atomic E-state index is 5.54. The molecule has 2 aromatic carbocycles. The van der Waals surface area contributed by atoms with Gasteiger partial charge in [0, 0.05) is 24.4 Å². The van der Waals surface area contributed by atoms with Crippen molar-refractivity contribution in [2.75, 3.05) is 25.1 Å². The Labute approximate surface area is 142 Å². The second-order valence-electron chi connectivity index (χ2n) is 6.39. The molecule has 1 fully saturated rings. The quantitative estimate of drug-likeness (QED) is 0.733. The van der Waals surface area contributed by atoms with Crippen molar-refractivity contribution in [2.24, 2.45) is 0 Å². The number of ether oxygens (including phenoxy) is 1. The second-order valence-corrected chi connectivity index (χ2v) is 6.39. The van der Waals surface area contributed by atoms with E-state index < -0.39 is 0 Å². The maximum atomic E-state index is 5.54. The Bertz CT molecular complexity index is 878. The summed E-state index contributed by atoms with van der Waals surface area (Å²) >= 11 is 0. The van der Waals surface area contributed by atoms with Gasteiger partial charge in [-0.15, -0.1) is 0 Å². The van der Waals surface area contributed by atoms with E-state index in [1.807, 2.05) is 12.1 Å². The second kappa shape index (κ2) is 6.11. The molecule has 1 aliphatic rings. The molecule has 4 rings (SSSR count). The Balaban J connectivity index is 1.67. The predicted molar refractivity (Wildman–Crippen MR) is 96.8 cm³/mol. The molecule has 1 unspecified atom stereocenters. The summed E-state index contributed by atoms with van der Waals surface area (Å²) in [5.74, 6) is 2.49. The van der Waals surface area contributed by atoms with E-state index in [0.717, 1.165) is 42.0 Å².